The number of carboxylic acids is 1. The Labute approximate surface area is 124 Å². The van der Waals surface area contributed by atoms with Gasteiger partial charge in [-0.15, -0.1) is 0 Å². The predicted molar refractivity (Wildman–Crippen MR) is 78.0 cm³/mol. The van der Waals surface area contributed by atoms with Gasteiger partial charge >= 0.3 is 5.97 Å². The molecule has 6 heteroatoms. The Morgan fingerprint density at radius 2 is 2.10 bits per heavy atom. The van der Waals surface area contributed by atoms with Crippen LogP contribution in [0.4, 0.5) is 0 Å². The Kier molecular flexibility index (Phi) is 3.41. The van der Waals surface area contributed by atoms with E-state index in [0.717, 1.165) is 5.39 Å². The van der Waals surface area contributed by atoms with Gasteiger partial charge in [0.15, 0.2) is 5.75 Å². The third-order valence-corrected chi connectivity index (χ3v) is 3.20. The Morgan fingerprint density at radius 3 is 2.90 bits per heavy atom. The summed E-state index contributed by atoms with van der Waals surface area (Å²) in [6.45, 7) is 0. The molecule has 1 aromatic carbocycles. The average molecular weight is 301 g/mol. The number of hydrogen-bond donors (Lipinski definition) is 1. The van der Waals surface area contributed by atoms with E-state index in [1.807, 2.05) is 6.07 Å². The van der Waals surface area contributed by atoms with Crippen LogP contribution in [0.15, 0.2) is 48.9 Å². The van der Waals surface area contributed by atoms with E-state index in [1.54, 1.807) is 24.4 Å². The molecule has 0 amide bonds. The van der Waals surface area contributed by atoms with Crippen molar-refractivity contribution in [2.45, 2.75) is 0 Å². The second-order valence-electron chi connectivity index (χ2n) is 4.26. The summed E-state index contributed by atoms with van der Waals surface area (Å²) in [5.74, 6) is -0.254. The first-order chi connectivity index (χ1) is 10.1. The van der Waals surface area contributed by atoms with E-state index in [9.17, 15) is 4.79 Å². The van der Waals surface area contributed by atoms with Crippen molar-refractivity contribution in [2.75, 3.05) is 0 Å². The summed E-state index contributed by atoms with van der Waals surface area (Å²) in [5.41, 5.74) is 0.657. The number of halogens is 1. The van der Waals surface area contributed by atoms with Crippen molar-refractivity contribution in [3.8, 4) is 11.5 Å². The Hall–Kier alpha value is -2.66. The van der Waals surface area contributed by atoms with Crippen molar-refractivity contribution in [2.24, 2.45) is 0 Å². The maximum atomic E-state index is 10.9. The molecule has 104 valence electrons. The van der Waals surface area contributed by atoms with Crippen molar-refractivity contribution in [1.29, 1.82) is 0 Å². The van der Waals surface area contributed by atoms with Gasteiger partial charge in [0.2, 0.25) is 0 Å². The van der Waals surface area contributed by atoms with E-state index >= 15 is 0 Å². The molecule has 0 bridgehead atoms. The normalized spacial score (nSPS) is 10.5. The van der Waals surface area contributed by atoms with Gasteiger partial charge in [0, 0.05) is 17.8 Å². The predicted octanol–water partition coefficient (Wildman–Crippen LogP) is 3.77. The molecule has 3 aromatic rings. The molecule has 1 N–H and O–H groups in total. The van der Waals surface area contributed by atoms with Gasteiger partial charge < -0.3 is 9.84 Å². The first kappa shape index (κ1) is 13.3. The number of aromatic nitrogens is 2. The van der Waals surface area contributed by atoms with Crippen molar-refractivity contribution >= 4 is 28.5 Å². The van der Waals surface area contributed by atoms with E-state index in [4.69, 9.17) is 21.4 Å². The lowest BCUT2D eigenvalue weighted by molar-refractivity contribution is 0.0696. The lowest BCUT2D eigenvalue weighted by Gasteiger charge is -2.09. The minimum absolute atomic E-state index is 0.0544. The van der Waals surface area contributed by atoms with Crippen LogP contribution in [0.25, 0.3) is 10.9 Å². The standard InChI is InChI=1S/C15H9ClN2O3/c16-12-3-4-13(14-11(12)2-1-5-18-14)21-10-6-9(15(19)20)7-17-8-10/h1-8H,(H,19,20). The molecule has 0 radical (unpaired) electrons. The molecular formula is C15H9ClN2O3. The smallest absolute Gasteiger partial charge is 0.337 e. The largest absolute Gasteiger partial charge is 0.478 e. The number of fused-ring (bicyclic) bond motifs is 1. The van der Waals surface area contributed by atoms with E-state index in [0.29, 0.717) is 22.0 Å². The van der Waals surface area contributed by atoms with Crippen LogP contribution < -0.4 is 4.74 Å². The zero-order chi connectivity index (χ0) is 14.8. The van der Waals surface area contributed by atoms with Gasteiger partial charge in [0.25, 0.3) is 0 Å². The van der Waals surface area contributed by atoms with E-state index in [1.165, 1.54) is 18.5 Å². The van der Waals surface area contributed by atoms with Gasteiger partial charge in [0.05, 0.1) is 16.8 Å². The molecule has 0 spiro atoms. The molecule has 2 heterocycles. The number of carboxylic acid groups (broad SMARTS) is 1. The van der Waals surface area contributed by atoms with Crippen LogP contribution >= 0.6 is 11.6 Å². The number of pyridine rings is 2. The van der Waals surface area contributed by atoms with E-state index < -0.39 is 5.97 Å². The highest BCUT2D eigenvalue weighted by Crippen LogP contribution is 2.32. The van der Waals surface area contributed by atoms with Crippen LogP contribution in [0, 0.1) is 0 Å². The highest BCUT2D eigenvalue weighted by Gasteiger charge is 2.10. The van der Waals surface area contributed by atoms with Crippen molar-refractivity contribution in [1.82, 2.24) is 9.97 Å². The molecule has 0 fully saturated rings. The fourth-order valence-electron chi connectivity index (χ4n) is 1.91. The van der Waals surface area contributed by atoms with Crippen molar-refractivity contribution in [3.63, 3.8) is 0 Å². The van der Waals surface area contributed by atoms with Crippen molar-refractivity contribution in [3.05, 3.63) is 59.5 Å². The van der Waals surface area contributed by atoms with Gasteiger partial charge in [-0.3, -0.25) is 9.97 Å². The van der Waals surface area contributed by atoms with Crippen LogP contribution in [-0.4, -0.2) is 21.0 Å². The van der Waals surface area contributed by atoms with E-state index in [-0.39, 0.29) is 5.56 Å². The topological polar surface area (TPSA) is 72.3 Å². The minimum atomic E-state index is -1.06. The van der Waals surface area contributed by atoms with Gasteiger partial charge in [-0.1, -0.05) is 11.6 Å². The molecule has 0 saturated carbocycles. The SMILES string of the molecule is O=C(O)c1cncc(Oc2ccc(Cl)c3cccnc23)c1. The van der Waals surface area contributed by atoms with Crippen LogP contribution in [0.3, 0.4) is 0 Å². The fourth-order valence-corrected chi connectivity index (χ4v) is 2.13. The Bertz CT molecular complexity index is 836. The molecule has 0 aliphatic rings. The minimum Gasteiger partial charge on any atom is -0.478 e. The molecule has 0 aliphatic carbocycles. The summed E-state index contributed by atoms with van der Waals surface area (Å²) in [4.78, 5) is 19.0. The van der Waals surface area contributed by atoms with Gasteiger partial charge in [-0.2, -0.15) is 0 Å². The summed E-state index contributed by atoms with van der Waals surface area (Å²) in [6.07, 6.45) is 4.33. The zero-order valence-electron chi connectivity index (χ0n) is 10.7. The van der Waals surface area contributed by atoms with Gasteiger partial charge in [0.1, 0.15) is 11.3 Å². The summed E-state index contributed by atoms with van der Waals surface area (Å²) in [7, 11) is 0. The van der Waals surface area contributed by atoms with Gasteiger partial charge in [-0.25, -0.2) is 4.79 Å². The summed E-state index contributed by atoms with van der Waals surface area (Å²) < 4.78 is 5.69. The molecule has 2 aromatic heterocycles. The molecule has 0 atom stereocenters. The molecule has 0 saturated heterocycles. The number of ether oxygens (including phenoxy) is 1. The van der Waals surface area contributed by atoms with Crippen LogP contribution in [0.5, 0.6) is 11.5 Å². The highest BCUT2D eigenvalue weighted by atomic mass is 35.5. The first-order valence-electron chi connectivity index (χ1n) is 6.04. The fraction of sp³-hybridized carbons (Fsp3) is 0. The summed E-state index contributed by atoms with van der Waals surface area (Å²) in [6, 6.07) is 8.41. The number of nitrogens with zero attached hydrogens (tertiary/aromatic N) is 2. The zero-order valence-corrected chi connectivity index (χ0v) is 11.4. The van der Waals surface area contributed by atoms with Crippen LogP contribution in [0.2, 0.25) is 5.02 Å². The number of hydrogen-bond acceptors (Lipinski definition) is 4. The number of carbonyl (C=O) groups is 1. The monoisotopic (exact) mass is 300 g/mol. The molecule has 0 unspecified atom stereocenters. The average Bonchev–Trinajstić information content (AvgIpc) is 2.51. The molecular weight excluding hydrogens is 292 g/mol. The summed E-state index contributed by atoms with van der Waals surface area (Å²) in [5, 5.41) is 10.3. The molecule has 21 heavy (non-hydrogen) atoms. The second-order valence-corrected chi connectivity index (χ2v) is 4.67. The maximum absolute atomic E-state index is 10.9. The number of benzene rings is 1. The maximum Gasteiger partial charge on any atom is 0.337 e. The third kappa shape index (κ3) is 2.64. The van der Waals surface area contributed by atoms with E-state index in [2.05, 4.69) is 9.97 Å². The second kappa shape index (κ2) is 5.38. The number of rotatable bonds is 3. The van der Waals surface area contributed by atoms with Crippen molar-refractivity contribution < 1.29 is 14.6 Å². The Morgan fingerprint density at radius 1 is 1.24 bits per heavy atom. The quantitative estimate of drug-likeness (QED) is 0.797. The number of aromatic carboxylic acids is 1. The van der Waals surface area contributed by atoms with Crippen LogP contribution in [-0.2, 0) is 0 Å². The lowest BCUT2D eigenvalue weighted by Crippen LogP contribution is -1.98. The lowest BCUT2D eigenvalue weighted by atomic mass is 10.2. The van der Waals surface area contributed by atoms with Crippen LogP contribution in [0.1, 0.15) is 10.4 Å². The third-order valence-electron chi connectivity index (χ3n) is 2.87. The Balaban J connectivity index is 2.04. The van der Waals surface area contributed by atoms with Gasteiger partial charge in [-0.05, 0) is 30.3 Å². The highest BCUT2D eigenvalue weighted by molar-refractivity contribution is 6.35. The first-order valence-corrected chi connectivity index (χ1v) is 6.42. The molecule has 0 aliphatic heterocycles. The molecule has 5 nitrogen and oxygen atoms in total. The summed E-state index contributed by atoms with van der Waals surface area (Å²) >= 11 is 6.11. The molecule has 3 rings (SSSR count).